The number of aryl methyl sites for hydroxylation is 1. The van der Waals surface area contributed by atoms with E-state index in [1.807, 2.05) is 26.0 Å². The van der Waals surface area contributed by atoms with Crippen molar-refractivity contribution in [3.05, 3.63) is 23.8 Å². The summed E-state index contributed by atoms with van der Waals surface area (Å²) in [6.07, 6.45) is 2.75. The van der Waals surface area contributed by atoms with E-state index < -0.39 is 10.0 Å². The van der Waals surface area contributed by atoms with Crippen LogP contribution < -0.4 is 10.0 Å². The van der Waals surface area contributed by atoms with Crippen molar-refractivity contribution in [2.45, 2.75) is 46.1 Å². The van der Waals surface area contributed by atoms with Crippen LogP contribution in [0.4, 0.5) is 11.4 Å². The first kappa shape index (κ1) is 15.2. The number of para-hydroxylation sites is 1. The van der Waals surface area contributed by atoms with Crippen LogP contribution in [0.15, 0.2) is 18.2 Å². The Bertz CT molecular complexity index is 567. The lowest BCUT2D eigenvalue weighted by molar-refractivity contribution is 0.578. The van der Waals surface area contributed by atoms with Crippen molar-refractivity contribution in [3.63, 3.8) is 0 Å². The van der Waals surface area contributed by atoms with Gasteiger partial charge in [0, 0.05) is 6.04 Å². The molecule has 1 aromatic rings. The summed E-state index contributed by atoms with van der Waals surface area (Å²) in [5.41, 5.74) is 2.81. The quantitative estimate of drug-likeness (QED) is 0.877. The normalized spacial score (nSPS) is 18.5. The van der Waals surface area contributed by atoms with Gasteiger partial charge in [0.25, 0.3) is 0 Å². The Balaban J connectivity index is 2.18. The number of anilines is 2. The molecule has 0 saturated heterocycles. The largest absolute Gasteiger partial charge is 0.381 e. The summed E-state index contributed by atoms with van der Waals surface area (Å²) in [5, 5.41) is 3.39. The molecule has 20 heavy (non-hydrogen) atoms. The summed E-state index contributed by atoms with van der Waals surface area (Å²) in [5.74, 6) is 0.554. The van der Waals surface area contributed by atoms with Crippen molar-refractivity contribution in [1.29, 1.82) is 0 Å². The summed E-state index contributed by atoms with van der Waals surface area (Å²) in [6.45, 7) is 6.18. The Kier molecular flexibility index (Phi) is 4.58. The Labute approximate surface area is 122 Å². The van der Waals surface area contributed by atoms with Gasteiger partial charge in [-0.05, 0) is 43.7 Å². The highest BCUT2D eigenvalue weighted by atomic mass is 32.2. The number of nitrogens with one attached hydrogen (secondary N) is 2. The van der Waals surface area contributed by atoms with E-state index in [9.17, 15) is 8.42 Å². The Morgan fingerprint density at radius 1 is 1.40 bits per heavy atom. The van der Waals surface area contributed by atoms with Crippen LogP contribution in [-0.2, 0) is 16.4 Å². The van der Waals surface area contributed by atoms with Crippen LogP contribution in [0.2, 0.25) is 0 Å². The lowest BCUT2D eigenvalue weighted by atomic mass is 9.98. The molecule has 1 unspecified atom stereocenters. The van der Waals surface area contributed by atoms with Gasteiger partial charge in [0.1, 0.15) is 0 Å². The third-order valence-corrected chi connectivity index (χ3v) is 4.92. The van der Waals surface area contributed by atoms with Crippen LogP contribution in [0.25, 0.3) is 0 Å². The summed E-state index contributed by atoms with van der Waals surface area (Å²) in [6, 6.07) is 6.18. The van der Waals surface area contributed by atoms with Crippen molar-refractivity contribution in [2.24, 2.45) is 5.92 Å². The first-order chi connectivity index (χ1) is 9.37. The molecule has 1 atom stereocenters. The monoisotopic (exact) mass is 296 g/mol. The van der Waals surface area contributed by atoms with E-state index in [-0.39, 0.29) is 5.75 Å². The van der Waals surface area contributed by atoms with Gasteiger partial charge < -0.3 is 5.32 Å². The zero-order chi connectivity index (χ0) is 14.8. The van der Waals surface area contributed by atoms with Crippen molar-refractivity contribution in [1.82, 2.24) is 0 Å². The molecule has 1 aromatic carbocycles. The second-order valence-corrected chi connectivity index (χ2v) is 7.87. The second kappa shape index (κ2) is 6.04. The van der Waals surface area contributed by atoms with Crippen LogP contribution in [0.3, 0.4) is 0 Å². The van der Waals surface area contributed by atoms with E-state index >= 15 is 0 Å². The van der Waals surface area contributed by atoms with Gasteiger partial charge in [-0.2, -0.15) is 0 Å². The SMILES string of the molecule is CC(C)CCS(=O)(=O)Nc1cccc2c1NC(C)CC2. The molecule has 5 heteroatoms. The molecular formula is C15H24N2O2S. The van der Waals surface area contributed by atoms with E-state index in [4.69, 9.17) is 0 Å². The Morgan fingerprint density at radius 3 is 2.85 bits per heavy atom. The van der Waals surface area contributed by atoms with Crippen molar-refractivity contribution >= 4 is 21.4 Å². The van der Waals surface area contributed by atoms with E-state index in [1.165, 1.54) is 5.56 Å². The van der Waals surface area contributed by atoms with Gasteiger partial charge in [0.05, 0.1) is 17.1 Å². The van der Waals surface area contributed by atoms with Gasteiger partial charge in [-0.1, -0.05) is 26.0 Å². The molecule has 1 heterocycles. The molecule has 0 fully saturated rings. The predicted molar refractivity (Wildman–Crippen MR) is 84.7 cm³/mol. The lowest BCUT2D eigenvalue weighted by Crippen LogP contribution is -2.25. The number of hydrogen-bond acceptors (Lipinski definition) is 3. The molecule has 0 spiro atoms. The molecule has 0 aromatic heterocycles. The van der Waals surface area contributed by atoms with E-state index in [0.29, 0.717) is 24.1 Å². The highest BCUT2D eigenvalue weighted by Gasteiger charge is 2.19. The minimum Gasteiger partial charge on any atom is -0.381 e. The maximum Gasteiger partial charge on any atom is 0.232 e. The number of sulfonamides is 1. The molecule has 0 bridgehead atoms. The average Bonchev–Trinajstić information content (AvgIpc) is 2.37. The fraction of sp³-hybridized carbons (Fsp3) is 0.600. The Hall–Kier alpha value is -1.23. The van der Waals surface area contributed by atoms with Crippen molar-refractivity contribution in [2.75, 3.05) is 15.8 Å². The van der Waals surface area contributed by atoms with Crippen LogP contribution in [-0.4, -0.2) is 20.2 Å². The molecule has 0 amide bonds. The van der Waals surface area contributed by atoms with Crippen LogP contribution in [0.5, 0.6) is 0 Å². The summed E-state index contributed by atoms with van der Waals surface area (Å²) in [7, 11) is -3.27. The first-order valence-corrected chi connectivity index (χ1v) is 8.91. The number of fused-ring (bicyclic) bond motifs is 1. The molecule has 4 nitrogen and oxygen atoms in total. The first-order valence-electron chi connectivity index (χ1n) is 7.26. The highest BCUT2D eigenvalue weighted by molar-refractivity contribution is 7.92. The minimum atomic E-state index is -3.27. The van der Waals surface area contributed by atoms with Gasteiger partial charge in [0.2, 0.25) is 10.0 Å². The minimum absolute atomic E-state index is 0.171. The maximum atomic E-state index is 12.1. The summed E-state index contributed by atoms with van der Waals surface area (Å²) >= 11 is 0. The van der Waals surface area contributed by atoms with Gasteiger partial charge in [0.15, 0.2) is 0 Å². The molecule has 112 valence electrons. The predicted octanol–water partition coefficient (Wildman–Crippen LogP) is 3.22. The summed E-state index contributed by atoms with van der Waals surface area (Å²) < 4.78 is 27.0. The molecule has 0 aliphatic carbocycles. The topological polar surface area (TPSA) is 58.2 Å². The summed E-state index contributed by atoms with van der Waals surface area (Å²) in [4.78, 5) is 0. The third-order valence-electron chi connectivity index (χ3n) is 3.62. The van der Waals surface area contributed by atoms with Crippen LogP contribution in [0, 0.1) is 5.92 Å². The van der Waals surface area contributed by atoms with Gasteiger partial charge in [-0.15, -0.1) is 0 Å². The molecule has 2 N–H and O–H groups in total. The smallest absolute Gasteiger partial charge is 0.232 e. The zero-order valence-corrected chi connectivity index (χ0v) is 13.3. The van der Waals surface area contributed by atoms with Crippen LogP contribution in [0.1, 0.15) is 39.2 Å². The highest BCUT2D eigenvalue weighted by Crippen LogP contribution is 2.32. The van der Waals surface area contributed by atoms with E-state index in [0.717, 1.165) is 18.5 Å². The van der Waals surface area contributed by atoms with Crippen molar-refractivity contribution in [3.8, 4) is 0 Å². The fourth-order valence-electron chi connectivity index (χ4n) is 2.36. The lowest BCUT2D eigenvalue weighted by Gasteiger charge is -2.26. The zero-order valence-electron chi connectivity index (χ0n) is 12.4. The second-order valence-electron chi connectivity index (χ2n) is 6.03. The molecule has 0 radical (unpaired) electrons. The molecule has 2 rings (SSSR count). The van der Waals surface area contributed by atoms with Gasteiger partial charge >= 0.3 is 0 Å². The number of hydrogen-bond donors (Lipinski definition) is 2. The maximum absolute atomic E-state index is 12.1. The molecular weight excluding hydrogens is 272 g/mol. The molecule has 0 saturated carbocycles. The van der Waals surface area contributed by atoms with E-state index in [2.05, 4.69) is 23.0 Å². The molecule has 1 aliphatic rings. The van der Waals surface area contributed by atoms with E-state index in [1.54, 1.807) is 0 Å². The van der Waals surface area contributed by atoms with Gasteiger partial charge in [-0.25, -0.2) is 8.42 Å². The fourth-order valence-corrected chi connectivity index (χ4v) is 3.75. The van der Waals surface area contributed by atoms with Crippen molar-refractivity contribution < 1.29 is 8.42 Å². The third kappa shape index (κ3) is 3.88. The number of benzene rings is 1. The van der Waals surface area contributed by atoms with Crippen LogP contribution >= 0.6 is 0 Å². The van der Waals surface area contributed by atoms with Gasteiger partial charge in [-0.3, -0.25) is 4.72 Å². The Morgan fingerprint density at radius 2 is 2.15 bits per heavy atom. The average molecular weight is 296 g/mol. The molecule has 1 aliphatic heterocycles. The standard InChI is InChI=1S/C15H24N2O2S/c1-11(2)9-10-20(18,19)17-14-6-4-5-13-8-7-12(3)16-15(13)14/h4-6,11-12,16-17H,7-10H2,1-3H3. The number of rotatable bonds is 5.